The predicted molar refractivity (Wildman–Crippen MR) is 117 cm³/mol. The molecule has 1 saturated carbocycles. The minimum absolute atomic E-state index is 0. The van der Waals surface area contributed by atoms with Crippen LogP contribution in [0.2, 0.25) is 0 Å². The molecule has 9 heteroatoms. The summed E-state index contributed by atoms with van der Waals surface area (Å²) in [6.07, 6.45) is 2.77. The first-order valence-corrected chi connectivity index (χ1v) is 10.9. The molecule has 0 heterocycles. The maximum atomic E-state index is 13.6. The molecule has 0 radical (unpaired) electrons. The average Bonchev–Trinajstić information content (AvgIpc) is 3.30. The quantitative estimate of drug-likeness (QED) is 0.302. The van der Waals surface area contributed by atoms with Crippen molar-refractivity contribution >= 4 is 39.8 Å². The second kappa shape index (κ2) is 10.4. The number of para-hydroxylation sites is 1. The molecule has 1 atom stereocenters. The Hall–Kier alpha value is -1.10. The highest BCUT2D eigenvalue weighted by atomic mass is 127. The first-order chi connectivity index (χ1) is 12.2. The van der Waals surface area contributed by atoms with Gasteiger partial charge in [-0.3, -0.25) is 4.99 Å². The Kier molecular flexibility index (Phi) is 9.26. The summed E-state index contributed by atoms with van der Waals surface area (Å²) < 4.78 is 42.3. The molecule has 1 aromatic rings. The standard InChI is InChI=1S/C18H28FN3O3S.HI/c1-4-20-17(22-12-18(9-10-18)13-26(3,23)24)21-11-14(2)25-16-8-6-5-7-15(16)19;/h5-8,14H,4,9-13H2,1-3H3,(H2,20,21,22);1H. The Morgan fingerprint density at radius 1 is 1.33 bits per heavy atom. The smallest absolute Gasteiger partial charge is 0.191 e. The van der Waals surface area contributed by atoms with Crippen LogP contribution in [-0.2, 0) is 9.84 Å². The molecule has 1 unspecified atom stereocenters. The molecule has 1 aliphatic rings. The van der Waals surface area contributed by atoms with Crippen molar-refractivity contribution in [1.82, 2.24) is 10.6 Å². The van der Waals surface area contributed by atoms with Crippen LogP contribution in [0.15, 0.2) is 29.3 Å². The van der Waals surface area contributed by atoms with E-state index in [1.807, 2.05) is 13.8 Å². The molecule has 2 N–H and O–H groups in total. The summed E-state index contributed by atoms with van der Waals surface area (Å²) in [6.45, 7) is 5.40. The first kappa shape index (κ1) is 23.9. The normalized spacial score (nSPS) is 16.8. The van der Waals surface area contributed by atoms with Gasteiger partial charge in [0.25, 0.3) is 0 Å². The van der Waals surface area contributed by atoms with Gasteiger partial charge in [0, 0.05) is 24.8 Å². The van der Waals surface area contributed by atoms with Crippen LogP contribution in [0, 0.1) is 11.2 Å². The summed E-state index contributed by atoms with van der Waals surface area (Å²) in [6, 6.07) is 6.29. The summed E-state index contributed by atoms with van der Waals surface area (Å²) in [5.74, 6) is 0.608. The topological polar surface area (TPSA) is 79.8 Å². The number of ether oxygens (including phenoxy) is 1. The zero-order valence-corrected chi connectivity index (χ0v) is 19.1. The van der Waals surface area contributed by atoms with Gasteiger partial charge in [0.2, 0.25) is 0 Å². The van der Waals surface area contributed by atoms with Crippen LogP contribution in [0.1, 0.15) is 26.7 Å². The summed E-state index contributed by atoms with van der Waals surface area (Å²) in [7, 11) is -3.01. The van der Waals surface area contributed by atoms with E-state index in [1.165, 1.54) is 12.3 Å². The van der Waals surface area contributed by atoms with Gasteiger partial charge in [-0.2, -0.15) is 0 Å². The minimum atomic E-state index is -3.01. The fraction of sp³-hybridized carbons (Fsp3) is 0.611. The highest BCUT2D eigenvalue weighted by molar-refractivity contribution is 14.0. The van der Waals surface area contributed by atoms with Crippen molar-refractivity contribution in [1.29, 1.82) is 0 Å². The number of benzene rings is 1. The second-order valence-electron chi connectivity index (χ2n) is 7.01. The van der Waals surface area contributed by atoms with Crippen LogP contribution < -0.4 is 15.4 Å². The van der Waals surface area contributed by atoms with Gasteiger partial charge in [0.05, 0.1) is 12.3 Å². The number of guanidine groups is 1. The highest BCUT2D eigenvalue weighted by Crippen LogP contribution is 2.46. The summed E-state index contributed by atoms with van der Waals surface area (Å²) in [4.78, 5) is 4.53. The molecule has 0 aliphatic heterocycles. The molecule has 27 heavy (non-hydrogen) atoms. The van der Waals surface area contributed by atoms with E-state index in [0.29, 0.717) is 25.6 Å². The lowest BCUT2D eigenvalue weighted by Gasteiger charge is -2.19. The van der Waals surface area contributed by atoms with Crippen LogP contribution in [0.3, 0.4) is 0 Å². The van der Waals surface area contributed by atoms with E-state index in [-0.39, 0.29) is 47.0 Å². The van der Waals surface area contributed by atoms with E-state index in [2.05, 4.69) is 15.6 Å². The van der Waals surface area contributed by atoms with E-state index in [0.717, 1.165) is 12.8 Å². The van der Waals surface area contributed by atoms with E-state index < -0.39 is 15.7 Å². The molecule has 1 aliphatic carbocycles. The Bertz CT molecular complexity index is 739. The number of rotatable bonds is 9. The number of sulfone groups is 1. The zero-order valence-electron chi connectivity index (χ0n) is 16.0. The number of nitrogens with zero attached hydrogens (tertiary/aromatic N) is 1. The molecule has 1 aromatic carbocycles. The van der Waals surface area contributed by atoms with Gasteiger partial charge in [-0.05, 0) is 38.8 Å². The van der Waals surface area contributed by atoms with Crippen molar-refractivity contribution < 1.29 is 17.5 Å². The molecule has 154 valence electrons. The zero-order chi connectivity index (χ0) is 19.2. The Morgan fingerprint density at radius 2 is 2.00 bits per heavy atom. The molecule has 2 rings (SSSR count). The van der Waals surface area contributed by atoms with Crippen molar-refractivity contribution in [2.24, 2.45) is 10.4 Å². The fourth-order valence-electron chi connectivity index (χ4n) is 2.71. The SMILES string of the molecule is CCNC(=NCC1(CS(C)(=O)=O)CC1)NCC(C)Oc1ccccc1F.I. The van der Waals surface area contributed by atoms with Crippen LogP contribution in [0.4, 0.5) is 4.39 Å². The van der Waals surface area contributed by atoms with Gasteiger partial charge >= 0.3 is 0 Å². The van der Waals surface area contributed by atoms with Gasteiger partial charge in [-0.15, -0.1) is 24.0 Å². The van der Waals surface area contributed by atoms with E-state index in [9.17, 15) is 12.8 Å². The van der Waals surface area contributed by atoms with Crippen LogP contribution in [-0.4, -0.2) is 52.1 Å². The van der Waals surface area contributed by atoms with Gasteiger partial charge in [-0.1, -0.05) is 12.1 Å². The molecule has 0 spiro atoms. The first-order valence-electron chi connectivity index (χ1n) is 8.84. The lowest BCUT2D eigenvalue weighted by molar-refractivity contribution is 0.214. The Morgan fingerprint density at radius 3 is 2.56 bits per heavy atom. The minimum Gasteiger partial charge on any atom is -0.486 e. The number of hydrogen-bond acceptors (Lipinski definition) is 4. The lowest BCUT2D eigenvalue weighted by atomic mass is 10.1. The van der Waals surface area contributed by atoms with Gasteiger partial charge in [-0.25, -0.2) is 12.8 Å². The van der Waals surface area contributed by atoms with Crippen molar-refractivity contribution in [2.75, 3.05) is 31.6 Å². The van der Waals surface area contributed by atoms with E-state index in [1.54, 1.807) is 18.2 Å². The Labute approximate surface area is 178 Å². The van der Waals surface area contributed by atoms with Crippen LogP contribution >= 0.6 is 24.0 Å². The third-order valence-corrected chi connectivity index (χ3v) is 5.30. The lowest BCUT2D eigenvalue weighted by Crippen LogP contribution is -2.42. The van der Waals surface area contributed by atoms with Crippen molar-refractivity contribution in [2.45, 2.75) is 32.8 Å². The van der Waals surface area contributed by atoms with Crippen LogP contribution in [0.25, 0.3) is 0 Å². The molecule has 0 saturated heterocycles. The maximum absolute atomic E-state index is 13.6. The number of halogens is 2. The molecule has 0 amide bonds. The monoisotopic (exact) mass is 513 g/mol. The molecule has 6 nitrogen and oxygen atoms in total. The predicted octanol–water partition coefficient (Wildman–Crippen LogP) is 2.59. The summed E-state index contributed by atoms with van der Waals surface area (Å²) in [5, 5.41) is 6.30. The third kappa shape index (κ3) is 8.63. The molecule has 1 fully saturated rings. The van der Waals surface area contributed by atoms with Crippen LogP contribution in [0.5, 0.6) is 5.75 Å². The summed E-state index contributed by atoms with van der Waals surface area (Å²) in [5.41, 5.74) is -0.217. The van der Waals surface area contributed by atoms with E-state index >= 15 is 0 Å². The van der Waals surface area contributed by atoms with Gasteiger partial charge in [0.15, 0.2) is 17.5 Å². The largest absolute Gasteiger partial charge is 0.486 e. The fourth-order valence-corrected chi connectivity index (χ4v) is 4.20. The van der Waals surface area contributed by atoms with E-state index in [4.69, 9.17) is 4.74 Å². The third-order valence-electron chi connectivity index (χ3n) is 4.16. The maximum Gasteiger partial charge on any atom is 0.191 e. The molecular formula is C18H29FIN3O3S. The number of hydrogen-bond donors (Lipinski definition) is 2. The molecular weight excluding hydrogens is 484 g/mol. The van der Waals surface area contributed by atoms with Crippen molar-refractivity contribution in [3.05, 3.63) is 30.1 Å². The van der Waals surface area contributed by atoms with Gasteiger partial charge in [0.1, 0.15) is 15.9 Å². The molecule has 0 aromatic heterocycles. The summed E-state index contributed by atoms with van der Waals surface area (Å²) >= 11 is 0. The Balaban J connectivity index is 0.00000364. The van der Waals surface area contributed by atoms with Gasteiger partial charge < -0.3 is 15.4 Å². The number of nitrogens with one attached hydrogen (secondary N) is 2. The number of aliphatic imine (C=N–C) groups is 1. The van der Waals surface area contributed by atoms with Crippen molar-refractivity contribution in [3.8, 4) is 5.75 Å². The van der Waals surface area contributed by atoms with Crippen molar-refractivity contribution in [3.63, 3.8) is 0 Å². The molecule has 0 bridgehead atoms. The second-order valence-corrected chi connectivity index (χ2v) is 9.15. The average molecular weight is 513 g/mol. The highest BCUT2D eigenvalue weighted by Gasteiger charge is 2.45.